The topological polar surface area (TPSA) is 76.1 Å². The standard InChI is InChI=1S/C20H21NO5/c1-11(22)26-19-17(25-3)5-4-12-8-14-13-9-15(23)16(24)10-20(13,18(12)19)6-7-21(14)2/h4-5,9-10,14,24H,6-8H2,1-3H3/t14-,20+/m1/s1. The highest BCUT2D eigenvalue weighted by atomic mass is 16.6. The van der Waals surface area contributed by atoms with Gasteiger partial charge in [-0.2, -0.15) is 0 Å². The highest BCUT2D eigenvalue weighted by molar-refractivity contribution is 6.05. The van der Waals surface area contributed by atoms with Crippen molar-refractivity contribution in [1.82, 2.24) is 4.90 Å². The number of rotatable bonds is 2. The molecule has 0 aromatic heterocycles. The van der Waals surface area contributed by atoms with E-state index in [0.717, 1.165) is 23.2 Å². The van der Waals surface area contributed by atoms with Crippen molar-refractivity contribution in [3.05, 3.63) is 46.7 Å². The average Bonchev–Trinajstić information content (AvgIpc) is 2.59. The van der Waals surface area contributed by atoms with Crippen molar-refractivity contribution in [1.29, 1.82) is 0 Å². The van der Waals surface area contributed by atoms with Crippen LogP contribution in [0.5, 0.6) is 11.5 Å². The molecule has 1 aliphatic heterocycles. The molecule has 6 nitrogen and oxygen atoms in total. The fourth-order valence-electron chi connectivity index (χ4n) is 4.57. The number of hydrogen-bond acceptors (Lipinski definition) is 6. The maximum atomic E-state index is 12.2. The summed E-state index contributed by atoms with van der Waals surface area (Å²) in [5.74, 6) is -0.230. The number of fused-ring (bicyclic) bond motifs is 1. The van der Waals surface area contributed by atoms with Gasteiger partial charge in [0.25, 0.3) is 0 Å². The lowest BCUT2D eigenvalue weighted by Gasteiger charge is -2.52. The van der Waals surface area contributed by atoms with Crippen LogP contribution in [0.1, 0.15) is 24.5 Å². The summed E-state index contributed by atoms with van der Waals surface area (Å²) >= 11 is 0. The molecule has 1 N–H and O–H groups in total. The Morgan fingerprint density at radius 2 is 2.15 bits per heavy atom. The lowest BCUT2D eigenvalue weighted by molar-refractivity contribution is -0.132. The molecule has 2 atom stereocenters. The third kappa shape index (κ3) is 2.22. The summed E-state index contributed by atoms with van der Waals surface area (Å²) in [5.41, 5.74) is 2.14. The van der Waals surface area contributed by atoms with E-state index in [0.29, 0.717) is 24.3 Å². The Balaban J connectivity index is 2.04. The van der Waals surface area contributed by atoms with Gasteiger partial charge in [0, 0.05) is 23.9 Å². The number of carbonyl (C=O) groups is 2. The molecule has 26 heavy (non-hydrogen) atoms. The minimum absolute atomic E-state index is 0.0723. The van der Waals surface area contributed by atoms with E-state index in [1.807, 2.05) is 13.1 Å². The number of benzene rings is 1. The first-order valence-electron chi connectivity index (χ1n) is 8.64. The predicted octanol–water partition coefficient (Wildman–Crippen LogP) is 2.07. The molecule has 1 fully saturated rings. The molecular weight excluding hydrogens is 334 g/mol. The summed E-state index contributed by atoms with van der Waals surface area (Å²) in [4.78, 5) is 26.1. The fourth-order valence-corrected chi connectivity index (χ4v) is 4.57. The van der Waals surface area contributed by atoms with Gasteiger partial charge in [0.2, 0.25) is 5.78 Å². The number of allylic oxidation sites excluding steroid dienone is 2. The van der Waals surface area contributed by atoms with E-state index in [-0.39, 0.29) is 17.6 Å². The molecule has 0 unspecified atom stereocenters. The molecule has 3 aliphatic rings. The molecule has 1 saturated heterocycles. The van der Waals surface area contributed by atoms with Gasteiger partial charge in [-0.15, -0.1) is 0 Å². The molecule has 6 heteroatoms. The van der Waals surface area contributed by atoms with Crippen LogP contribution in [-0.2, 0) is 21.4 Å². The molecule has 0 amide bonds. The van der Waals surface area contributed by atoms with E-state index in [1.54, 1.807) is 18.2 Å². The second-order valence-corrected chi connectivity index (χ2v) is 7.14. The largest absolute Gasteiger partial charge is 0.504 e. The lowest BCUT2D eigenvalue weighted by atomic mass is 9.58. The van der Waals surface area contributed by atoms with Gasteiger partial charge >= 0.3 is 5.97 Å². The highest BCUT2D eigenvalue weighted by Crippen LogP contribution is 2.55. The third-order valence-electron chi connectivity index (χ3n) is 5.72. The smallest absolute Gasteiger partial charge is 0.308 e. The Kier molecular flexibility index (Phi) is 3.70. The molecule has 2 bridgehead atoms. The van der Waals surface area contributed by atoms with Crippen molar-refractivity contribution in [3.8, 4) is 11.5 Å². The Labute approximate surface area is 151 Å². The number of nitrogens with zero attached hydrogens (tertiary/aromatic N) is 1. The lowest BCUT2D eigenvalue weighted by Crippen LogP contribution is -2.54. The number of esters is 1. The average molecular weight is 355 g/mol. The van der Waals surface area contributed by atoms with Crippen LogP contribution in [0.2, 0.25) is 0 Å². The van der Waals surface area contributed by atoms with E-state index in [4.69, 9.17) is 9.47 Å². The van der Waals surface area contributed by atoms with Crippen molar-refractivity contribution < 1.29 is 24.2 Å². The molecule has 4 rings (SSSR count). The highest BCUT2D eigenvalue weighted by Gasteiger charge is 2.52. The maximum absolute atomic E-state index is 12.2. The maximum Gasteiger partial charge on any atom is 0.308 e. The SMILES string of the molecule is COc1ccc2c(c1OC(C)=O)[C@@]13C=C(O)C(=O)C=C1[C@@H](C2)N(C)CC3. The van der Waals surface area contributed by atoms with Crippen LogP contribution in [-0.4, -0.2) is 48.5 Å². The monoisotopic (exact) mass is 355 g/mol. The van der Waals surface area contributed by atoms with Crippen molar-refractivity contribution in [3.63, 3.8) is 0 Å². The van der Waals surface area contributed by atoms with Crippen molar-refractivity contribution in [2.45, 2.75) is 31.2 Å². The van der Waals surface area contributed by atoms with Gasteiger partial charge in [-0.3, -0.25) is 14.5 Å². The number of likely N-dealkylation sites (tertiary alicyclic amines) is 1. The van der Waals surface area contributed by atoms with E-state index in [1.165, 1.54) is 14.0 Å². The third-order valence-corrected chi connectivity index (χ3v) is 5.72. The van der Waals surface area contributed by atoms with Crippen LogP contribution in [0.4, 0.5) is 0 Å². The minimum Gasteiger partial charge on any atom is -0.504 e. The van der Waals surface area contributed by atoms with E-state index < -0.39 is 11.4 Å². The van der Waals surface area contributed by atoms with Gasteiger partial charge in [-0.05, 0) is 55.8 Å². The van der Waals surface area contributed by atoms with Crippen LogP contribution in [0.15, 0.2) is 35.6 Å². The summed E-state index contributed by atoms with van der Waals surface area (Å²) in [5, 5.41) is 10.2. The zero-order valence-electron chi connectivity index (χ0n) is 15.0. The first-order chi connectivity index (χ1) is 12.4. The molecule has 0 spiro atoms. The van der Waals surface area contributed by atoms with Crippen molar-refractivity contribution in [2.75, 3.05) is 20.7 Å². The van der Waals surface area contributed by atoms with E-state index >= 15 is 0 Å². The number of likely N-dealkylation sites (N-methyl/N-ethyl adjacent to an activating group) is 1. The number of ether oxygens (including phenoxy) is 2. The van der Waals surface area contributed by atoms with Crippen LogP contribution in [0, 0.1) is 0 Å². The number of piperidine rings is 1. The Bertz CT molecular complexity index is 884. The van der Waals surface area contributed by atoms with E-state index in [2.05, 4.69) is 4.90 Å². The first-order valence-corrected chi connectivity index (χ1v) is 8.64. The Hall–Kier alpha value is -2.60. The molecule has 1 heterocycles. The van der Waals surface area contributed by atoms with Crippen LogP contribution < -0.4 is 9.47 Å². The second kappa shape index (κ2) is 5.71. The molecule has 0 saturated carbocycles. The second-order valence-electron chi connectivity index (χ2n) is 7.14. The van der Waals surface area contributed by atoms with Gasteiger partial charge in [0.1, 0.15) is 0 Å². The van der Waals surface area contributed by atoms with Crippen LogP contribution in [0.3, 0.4) is 0 Å². The van der Waals surface area contributed by atoms with Gasteiger partial charge in [-0.1, -0.05) is 6.07 Å². The number of hydrogen-bond donors (Lipinski definition) is 1. The quantitative estimate of drug-likeness (QED) is 0.647. The first kappa shape index (κ1) is 16.8. The molecule has 0 radical (unpaired) electrons. The fraction of sp³-hybridized carbons (Fsp3) is 0.400. The number of ketones is 1. The zero-order chi connectivity index (χ0) is 18.6. The number of aliphatic hydroxyl groups excluding tert-OH is 1. The minimum atomic E-state index is -0.665. The summed E-state index contributed by atoms with van der Waals surface area (Å²) in [6.07, 6.45) is 4.57. The zero-order valence-corrected chi connectivity index (χ0v) is 15.0. The van der Waals surface area contributed by atoms with E-state index in [9.17, 15) is 14.7 Å². The Morgan fingerprint density at radius 1 is 1.38 bits per heavy atom. The van der Waals surface area contributed by atoms with Crippen LogP contribution >= 0.6 is 0 Å². The summed E-state index contributed by atoms with van der Waals surface area (Å²) in [6, 6.07) is 3.85. The van der Waals surface area contributed by atoms with Crippen molar-refractivity contribution in [2.24, 2.45) is 0 Å². The number of carbonyl (C=O) groups excluding carboxylic acids is 2. The summed E-state index contributed by atoms with van der Waals surface area (Å²) in [6.45, 7) is 2.15. The molecular formula is C20H21NO5. The van der Waals surface area contributed by atoms with Crippen LogP contribution in [0.25, 0.3) is 0 Å². The molecule has 2 aliphatic carbocycles. The van der Waals surface area contributed by atoms with Crippen molar-refractivity contribution >= 4 is 11.8 Å². The molecule has 136 valence electrons. The molecule has 1 aromatic carbocycles. The molecule has 1 aromatic rings. The van der Waals surface area contributed by atoms with Gasteiger partial charge in [-0.25, -0.2) is 0 Å². The summed E-state index contributed by atoms with van der Waals surface area (Å²) < 4.78 is 11.0. The number of aliphatic hydroxyl groups is 1. The van der Waals surface area contributed by atoms with Gasteiger partial charge in [0.05, 0.1) is 7.11 Å². The predicted molar refractivity (Wildman–Crippen MR) is 94.5 cm³/mol. The van der Waals surface area contributed by atoms with Gasteiger partial charge in [0.15, 0.2) is 17.3 Å². The number of methoxy groups -OCH3 is 1. The van der Waals surface area contributed by atoms with Gasteiger partial charge < -0.3 is 14.6 Å². The Morgan fingerprint density at radius 3 is 2.85 bits per heavy atom. The normalized spacial score (nSPS) is 27.0. The summed E-state index contributed by atoms with van der Waals surface area (Å²) in [7, 11) is 3.57.